The van der Waals surface area contributed by atoms with Gasteiger partial charge in [-0.2, -0.15) is 11.3 Å². The Hall–Kier alpha value is -1.42. The highest BCUT2D eigenvalue weighted by Crippen LogP contribution is 2.14. The van der Waals surface area contributed by atoms with Crippen LogP contribution in [0.15, 0.2) is 23.0 Å². The normalized spacial score (nSPS) is 12.4. The van der Waals surface area contributed by atoms with Gasteiger partial charge in [0.1, 0.15) is 5.82 Å². The van der Waals surface area contributed by atoms with Gasteiger partial charge in [0.2, 0.25) is 0 Å². The first-order chi connectivity index (χ1) is 8.15. The van der Waals surface area contributed by atoms with Crippen molar-refractivity contribution in [2.45, 2.75) is 33.2 Å². The van der Waals surface area contributed by atoms with Crippen molar-refractivity contribution in [3.8, 4) is 0 Å². The molecule has 17 heavy (non-hydrogen) atoms. The van der Waals surface area contributed by atoms with Crippen LogP contribution in [0.4, 0.5) is 5.82 Å². The number of hydrogen-bond acceptors (Lipinski definition) is 4. The Bertz CT molecular complexity index is 479. The predicted octanol–water partition coefficient (Wildman–Crippen LogP) is 3.20. The second-order valence-electron chi connectivity index (χ2n) is 4.33. The zero-order valence-electron chi connectivity index (χ0n) is 10.4. The molecule has 1 atom stereocenters. The van der Waals surface area contributed by atoms with Crippen molar-refractivity contribution in [3.05, 3.63) is 40.0 Å². The largest absolute Gasteiger partial charge is 0.366 e. The third-order valence-corrected chi connectivity index (χ3v) is 3.31. The van der Waals surface area contributed by atoms with Crippen LogP contribution in [0, 0.1) is 13.8 Å². The SMILES string of the molecule is Cc1cnc(C)c(NC(C)Cc2ccsc2)n1. The van der Waals surface area contributed by atoms with Gasteiger partial charge in [-0.05, 0) is 49.6 Å². The minimum Gasteiger partial charge on any atom is -0.366 e. The Labute approximate surface area is 106 Å². The van der Waals surface area contributed by atoms with Gasteiger partial charge in [0.15, 0.2) is 0 Å². The van der Waals surface area contributed by atoms with Crippen LogP contribution in [0.25, 0.3) is 0 Å². The molecular formula is C13H17N3S. The van der Waals surface area contributed by atoms with Gasteiger partial charge in [-0.1, -0.05) is 0 Å². The topological polar surface area (TPSA) is 37.8 Å². The molecule has 0 fully saturated rings. The summed E-state index contributed by atoms with van der Waals surface area (Å²) in [5.41, 5.74) is 3.27. The summed E-state index contributed by atoms with van der Waals surface area (Å²) in [6.07, 6.45) is 2.81. The number of aryl methyl sites for hydroxylation is 2. The molecule has 0 aliphatic rings. The van der Waals surface area contributed by atoms with Gasteiger partial charge in [0, 0.05) is 12.2 Å². The molecule has 2 aromatic heterocycles. The summed E-state index contributed by atoms with van der Waals surface area (Å²) in [5.74, 6) is 0.896. The highest BCUT2D eigenvalue weighted by molar-refractivity contribution is 7.07. The van der Waals surface area contributed by atoms with Gasteiger partial charge in [0.25, 0.3) is 0 Å². The van der Waals surface area contributed by atoms with Crippen LogP contribution in [0.3, 0.4) is 0 Å². The summed E-state index contributed by atoms with van der Waals surface area (Å²) >= 11 is 1.74. The first-order valence-corrected chi connectivity index (χ1v) is 6.67. The molecule has 3 nitrogen and oxygen atoms in total. The third kappa shape index (κ3) is 3.27. The molecule has 90 valence electrons. The van der Waals surface area contributed by atoms with Gasteiger partial charge >= 0.3 is 0 Å². The van der Waals surface area contributed by atoms with Gasteiger partial charge in [-0.15, -0.1) is 0 Å². The highest BCUT2D eigenvalue weighted by Gasteiger charge is 2.07. The fourth-order valence-corrected chi connectivity index (χ4v) is 2.40. The summed E-state index contributed by atoms with van der Waals surface area (Å²) in [5, 5.41) is 7.72. The summed E-state index contributed by atoms with van der Waals surface area (Å²) in [6, 6.07) is 2.52. The van der Waals surface area contributed by atoms with E-state index in [-0.39, 0.29) is 0 Å². The number of nitrogens with zero attached hydrogens (tertiary/aromatic N) is 2. The van der Waals surface area contributed by atoms with Crippen LogP contribution < -0.4 is 5.32 Å². The molecule has 4 heteroatoms. The standard InChI is InChI=1S/C13H17N3S/c1-9(6-12-4-5-17-8-12)15-13-11(3)14-7-10(2)16-13/h4-5,7-9H,6H2,1-3H3,(H,15,16). The Morgan fingerprint density at radius 3 is 2.94 bits per heavy atom. The van der Waals surface area contributed by atoms with Crippen LogP contribution in [-0.2, 0) is 6.42 Å². The fraction of sp³-hybridized carbons (Fsp3) is 0.385. The lowest BCUT2D eigenvalue weighted by Crippen LogP contribution is -2.19. The van der Waals surface area contributed by atoms with Crippen LogP contribution in [-0.4, -0.2) is 16.0 Å². The Kier molecular flexibility index (Phi) is 3.74. The number of rotatable bonds is 4. The van der Waals surface area contributed by atoms with E-state index in [1.165, 1.54) is 5.56 Å². The van der Waals surface area contributed by atoms with E-state index in [1.54, 1.807) is 17.5 Å². The molecule has 2 heterocycles. The maximum absolute atomic E-state index is 4.47. The molecule has 0 aliphatic heterocycles. The molecule has 0 bridgehead atoms. The molecule has 0 saturated heterocycles. The first-order valence-electron chi connectivity index (χ1n) is 5.73. The number of thiophene rings is 1. The molecule has 1 unspecified atom stereocenters. The average molecular weight is 247 g/mol. The second kappa shape index (κ2) is 5.27. The molecular weight excluding hydrogens is 230 g/mol. The van der Waals surface area contributed by atoms with E-state index >= 15 is 0 Å². The molecule has 2 rings (SSSR count). The lowest BCUT2D eigenvalue weighted by molar-refractivity contribution is 0.781. The quantitative estimate of drug-likeness (QED) is 0.901. The number of anilines is 1. The Morgan fingerprint density at radius 2 is 2.24 bits per heavy atom. The summed E-state index contributed by atoms with van der Waals surface area (Å²) in [4.78, 5) is 8.78. The van der Waals surface area contributed by atoms with Crippen LogP contribution in [0.5, 0.6) is 0 Å². The second-order valence-corrected chi connectivity index (χ2v) is 5.11. The van der Waals surface area contributed by atoms with Crippen molar-refractivity contribution >= 4 is 17.2 Å². The van der Waals surface area contributed by atoms with Crippen molar-refractivity contribution in [1.29, 1.82) is 0 Å². The van der Waals surface area contributed by atoms with E-state index in [0.29, 0.717) is 6.04 Å². The fourth-order valence-electron chi connectivity index (χ4n) is 1.72. The molecule has 0 radical (unpaired) electrons. The number of nitrogens with one attached hydrogen (secondary N) is 1. The third-order valence-electron chi connectivity index (χ3n) is 2.58. The molecule has 1 N–H and O–H groups in total. The highest BCUT2D eigenvalue weighted by atomic mass is 32.1. The van der Waals surface area contributed by atoms with Crippen molar-refractivity contribution in [2.24, 2.45) is 0 Å². The molecule has 0 saturated carbocycles. The van der Waals surface area contributed by atoms with Gasteiger partial charge < -0.3 is 5.32 Å². The smallest absolute Gasteiger partial charge is 0.147 e. The summed E-state index contributed by atoms with van der Waals surface area (Å²) < 4.78 is 0. The molecule has 0 aromatic carbocycles. The van der Waals surface area contributed by atoms with Crippen molar-refractivity contribution in [1.82, 2.24) is 9.97 Å². The Morgan fingerprint density at radius 1 is 1.41 bits per heavy atom. The summed E-state index contributed by atoms with van der Waals surface area (Å²) in [6.45, 7) is 6.11. The van der Waals surface area contributed by atoms with Crippen molar-refractivity contribution < 1.29 is 0 Å². The lowest BCUT2D eigenvalue weighted by Gasteiger charge is -2.15. The molecule has 0 spiro atoms. The van der Waals surface area contributed by atoms with E-state index in [2.05, 4.69) is 39.0 Å². The van der Waals surface area contributed by atoms with Crippen molar-refractivity contribution in [3.63, 3.8) is 0 Å². The van der Waals surface area contributed by atoms with E-state index in [1.807, 2.05) is 13.8 Å². The average Bonchev–Trinajstić information content (AvgIpc) is 2.76. The zero-order chi connectivity index (χ0) is 12.3. The van der Waals surface area contributed by atoms with Crippen molar-refractivity contribution in [2.75, 3.05) is 5.32 Å². The van der Waals surface area contributed by atoms with Crippen LogP contribution >= 0.6 is 11.3 Å². The van der Waals surface area contributed by atoms with E-state index in [4.69, 9.17) is 0 Å². The molecule has 0 amide bonds. The molecule has 0 aliphatic carbocycles. The maximum atomic E-state index is 4.47. The monoisotopic (exact) mass is 247 g/mol. The van der Waals surface area contributed by atoms with E-state index in [9.17, 15) is 0 Å². The zero-order valence-corrected chi connectivity index (χ0v) is 11.2. The van der Waals surface area contributed by atoms with Gasteiger partial charge in [-0.25, -0.2) is 4.98 Å². The summed E-state index contributed by atoms with van der Waals surface area (Å²) in [7, 11) is 0. The number of aromatic nitrogens is 2. The van der Waals surface area contributed by atoms with Gasteiger partial charge in [0.05, 0.1) is 11.4 Å². The minimum absolute atomic E-state index is 0.361. The minimum atomic E-state index is 0.361. The Balaban J connectivity index is 2.02. The van der Waals surface area contributed by atoms with E-state index in [0.717, 1.165) is 23.6 Å². The van der Waals surface area contributed by atoms with Crippen LogP contribution in [0.1, 0.15) is 23.9 Å². The molecule has 2 aromatic rings. The van der Waals surface area contributed by atoms with E-state index < -0.39 is 0 Å². The first kappa shape index (κ1) is 12.0. The predicted molar refractivity (Wildman–Crippen MR) is 72.6 cm³/mol. The maximum Gasteiger partial charge on any atom is 0.147 e. The lowest BCUT2D eigenvalue weighted by atomic mass is 10.1. The van der Waals surface area contributed by atoms with Crippen LogP contribution in [0.2, 0.25) is 0 Å². The van der Waals surface area contributed by atoms with Gasteiger partial charge in [-0.3, -0.25) is 4.98 Å². The number of hydrogen-bond donors (Lipinski definition) is 1.